The molecule has 1 aliphatic heterocycles. The highest BCUT2D eigenvalue weighted by molar-refractivity contribution is 8.02. The highest BCUT2D eigenvalue weighted by atomic mass is 32.2. The van der Waals surface area contributed by atoms with Gasteiger partial charge in [0.15, 0.2) is 0 Å². The van der Waals surface area contributed by atoms with E-state index in [0.717, 1.165) is 11.1 Å². The van der Waals surface area contributed by atoms with Crippen molar-refractivity contribution >= 4 is 29.1 Å². The molecule has 2 N–H and O–H groups in total. The Hall–Kier alpha value is -3.82. The van der Waals surface area contributed by atoms with Gasteiger partial charge >= 0.3 is 0 Å². The summed E-state index contributed by atoms with van der Waals surface area (Å²) in [7, 11) is 0. The smallest absolute Gasteiger partial charge is 0.234 e. The monoisotopic (exact) mass is 453 g/mol. The normalized spacial score (nSPS) is 17.8. The summed E-state index contributed by atoms with van der Waals surface area (Å²) >= 11 is 1.49. The average molecular weight is 454 g/mol. The van der Waals surface area contributed by atoms with Crippen LogP contribution in [-0.2, 0) is 10.5 Å². The minimum atomic E-state index is -0.648. The number of nitriles is 1. The van der Waals surface area contributed by atoms with Crippen molar-refractivity contribution in [2.75, 3.05) is 5.32 Å². The fourth-order valence-electron chi connectivity index (χ4n) is 3.91. The Kier molecular flexibility index (Phi) is 6.92. The molecule has 4 rings (SSSR count). The second-order valence-corrected chi connectivity index (χ2v) is 8.72. The van der Waals surface area contributed by atoms with Crippen LogP contribution in [-0.4, -0.2) is 16.7 Å². The average Bonchev–Trinajstić information content (AvgIpc) is 2.84. The summed E-state index contributed by atoms with van der Waals surface area (Å²) in [6.07, 6.45) is 0. The van der Waals surface area contributed by atoms with Crippen molar-refractivity contribution < 1.29 is 9.90 Å². The molecule has 0 bridgehead atoms. The van der Waals surface area contributed by atoms with Crippen LogP contribution in [0.4, 0.5) is 5.69 Å². The number of carbonyl (C=O) groups is 1. The molecule has 1 amide bonds. The van der Waals surface area contributed by atoms with Crippen LogP contribution < -0.4 is 5.32 Å². The summed E-state index contributed by atoms with van der Waals surface area (Å²) in [5.74, 6) is -0.575. The molecule has 3 aromatic carbocycles. The number of anilines is 1. The molecule has 0 aromatic heterocycles. The number of carbonyl (C=O) groups excluding carboxylic acids is 1. The van der Waals surface area contributed by atoms with Gasteiger partial charge in [-0.15, -0.1) is 11.8 Å². The predicted molar refractivity (Wildman–Crippen MR) is 133 cm³/mol. The van der Waals surface area contributed by atoms with Gasteiger partial charge in [-0.25, -0.2) is 4.99 Å². The fourth-order valence-corrected chi connectivity index (χ4v) is 4.94. The maximum Gasteiger partial charge on any atom is 0.234 e. The summed E-state index contributed by atoms with van der Waals surface area (Å²) in [6.45, 7) is 1.83. The molecule has 0 saturated carbocycles. The molecule has 1 heterocycles. The number of aliphatic imine (C=N–C) groups is 1. The molecule has 1 unspecified atom stereocenters. The van der Waals surface area contributed by atoms with Gasteiger partial charge in [-0.2, -0.15) is 5.26 Å². The number of amides is 1. The van der Waals surface area contributed by atoms with Crippen molar-refractivity contribution in [3.05, 3.63) is 107 Å². The summed E-state index contributed by atoms with van der Waals surface area (Å²) in [4.78, 5) is 18.1. The molecule has 2 atom stereocenters. The Labute approximate surface area is 197 Å². The first-order valence-corrected chi connectivity index (χ1v) is 11.6. The standard InChI is InChI=1S/C27H23N3O2S/c1-18-24(26(32)30-21-10-6-3-7-11-21)25(20-12-14-22(31)15-13-20)23(16-28)27(29-18)33-17-19-8-4-2-5-9-19/h2-15,24-25,31H,17H2,1H3,(H,30,32)/t24?,25-/m0/s1. The molecule has 0 fully saturated rings. The van der Waals surface area contributed by atoms with Crippen molar-refractivity contribution in [3.63, 3.8) is 0 Å². The maximum absolute atomic E-state index is 13.4. The molecule has 0 radical (unpaired) electrons. The molecule has 0 spiro atoms. The molecule has 33 heavy (non-hydrogen) atoms. The fraction of sp³-hybridized carbons (Fsp3) is 0.148. The minimum Gasteiger partial charge on any atom is -0.508 e. The molecular formula is C27H23N3O2S. The van der Waals surface area contributed by atoms with Gasteiger partial charge in [0.2, 0.25) is 5.91 Å². The lowest BCUT2D eigenvalue weighted by Gasteiger charge is -2.31. The second-order valence-electron chi connectivity index (χ2n) is 7.76. The molecule has 3 aromatic rings. The minimum absolute atomic E-state index is 0.131. The highest BCUT2D eigenvalue weighted by Gasteiger charge is 2.39. The predicted octanol–water partition coefficient (Wildman–Crippen LogP) is 5.87. The zero-order valence-electron chi connectivity index (χ0n) is 18.1. The summed E-state index contributed by atoms with van der Waals surface area (Å²) in [5, 5.41) is 23.5. The molecule has 5 nitrogen and oxygen atoms in total. The van der Waals surface area contributed by atoms with E-state index in [9.17, 15) is 15.2 Å². The second kappa shape index (κ2) is 10.2. The van der Waals surface area contributed by atoms with Gasteiger partial charge in [0.05, 0.1) is 17.6 Å². The van der Waals surface area contributed by atoms with E-state index in [-0.39, 0.29) is 11.7 Å². The van der Waals surface area contributed by atoms with Gasteiger partial charge in [0, 0.05) is 23.1 Å². The van der Waals surface area contributed by atoms with Crippen LogP contribution in [0.5, 0.6) is 5.75 Å². The van der Waals surface area contributed by atoms with Crippen molar-refractivity contribution in [3.8, 4) is 11.8 Å². The number of hydrogen-bond donors (Lipinski definition) is 2. The van der Waals surface area contributed by atoms with Crippen LogP contribution in [0.25, 0.3) is 0 Å². The van der Waals surface area contributed by atoms with Gasteiger partial charge < -0.3 is 10.4 Å². The Balaban J connectivity index is 1.71. The Morgan fingerprint density at radius 1 is 1.03 bits per heavy atom. The number of phenols is 1. The SMILES string of the molecule is CC1=NC(SCc2ccccc2)=C(C#N)[C@H](c2ccc(O)cc2)C1C(=O)Nc1ccccc1. The van der Waals surface area contributed by atoms with Crippen molar-refractivity contribution in [1.82, 2.24) is 0 Å². The Morgan fingerprint density at radius 2 is 1.67 bits per heavy atom. The van der Waals surface area contributed by atoms with Crippen molar-refractivity contribution in [2.45, 2.75) is 18.6 Å². The summed E-state index contributed by atoms with van der Waals surface area (Å²) in [5.41, 5.74) is 3.71. The first kappa shape index (κ1) is 22.4. The first-order valence-electron chi connectivity index (χ1n) is 10.6. The number of para-hydroxylation sites is 1. The molecule has 6 heteroatoms. The zero-order valence-corrected chi connectivity index (χ0v) is 18.9. The number of phenolic OH excluding ortho intramolecular Hbond substituents is 1. The number of nitrogens with zero attached hydrogens (tertiary/aromatic N) is 2. The van der Waals surface area contributed by atoms with Gasteiger partial charge in [-0.3, -0.25) is 4.79 Å². The first-order chi connectivity index (χ1) is 16.1. The zero-order chi connectivity index (χ0) is 23.2. The summed E-state index contributed by atoms with van der Waals surface area (Å²) in [6, 6.07) is 28.2. The summed E-state index contributed by atoms with van der Waals surface area (Å²) < 4.78 is 0. The van der Waals surface area contributed by atoms with Crippen LogP contribution in [0.2, 0.25) is 0 Å². The van der Waals surface area contributed by atoms with E-state index in [1.807, 2.05) is 67.6 Å². The highest BCUT2D eigenvalue weighted by Crippen LogP contribution is 2.43. The number of allylic oxidation sites excluding steroid dienone is 1. The van der Waals surface area contributed by atoms with Gasteiger partial charge in [0.1, 0.15) is 10.8 Å². The van der Waals surface area contributed by atoms with Crippen LogP contribution in [0, 0.1) is 17.2 Å². The van der Waals surface area contributed by atoms with E-state index in [4.69, 9.17) is 4.99 Å². The third-order valence-corrected chi connectivity index (χ3v) is 6.58. The largest absolute Gasteiger partial charge is 0.508 e. The van der Waals surface area contributed by atoms with Crippen LogP contribution >= 0.6 is 11.8 Å². The molecular weight excluding hydrogens is 430 g/mol. The van der Waals surface area contributed by atoms with Crippen molar-refractivity contribution in [2.24, 2.45) is 10.9 Å². The molecule has 164 valence electrons. The van der Waals surface area contributed by atoms with E-state index in [1.165, 1.54) is 11.8 Å². The molecule has 0 saturated heterocycles. The van der Waals surface area contributed by atoms with Gasteiger partial charge in [-0.1, -0.05) is 60.7 Å². The quantitative estimate of drug-likeness (QED) is 0.488. The third kappa shape index (κ3) is 5.16. The van der Waals surface area contributed by atoms with Crippen LogP contribution in [0.3, 0.4) is 0 Å². The van der Waals surface area contributed by atoms with Crippen molar-refractivity contribution in [1.29, 1.82) is 5.26 Å². The maximum atomic E-state index is 13.4. The van der Waals surface area contributed by atoms with E-state index in [0.29, 0.717) is 27.8 Å². The Morgan fingerprint density at radius 3 is 2.30 bits per heavy atom. The van der Waals surface area contributed by atoms with E-state index < -0.39 is 11.8 Å². The van der Waals surface area contributed by atoms with Gasteiger partial charge in [0.25, 0.3) is 0 Å². The van der Waals surface area contributed by atoms with E-state index in [1.54, 1.807) is 24.3 Å². The lowest BCUT2D eigenvalue weighted by Crippen LogP contribution is -2.36. The lowest BCUT2D eigenvalue weighted by atomic mass is 9.76. The Bertz CT molecular complexity index is 1230. The third-order valence-electron chi connectivity index (χ3n) is 5.52. The van der Waals surface area contributed by atoms with Gasteiger partial charge in [-0.05, 0) is 42.3 Å². The number of thioether (sulfide) groups is 1. The number of rotatable bonds is 6. The molecule has 0 aliphatic carbocycles. The number of hydrogen-bond acceptors (Lipinski definition) is 5. The number of nitrogens with one attached hydrogen (secondary N) is 1. The van der Waals surface area contributed by atoms with E-state index in [2.05, 4.69) is 11.4 Å². The van der Waals surface area contributed by atoms with E-state index >= 15 is 0 Å². The molecule has 1 aliphatic rings. The number of aromatic hydroxyl groups is 1. The lowest BCUT2D eigenvalue weighted by molar-refractivity contribution is -0.118. The van der Waals surface area contributed by atoms with Crippen LogP contribution in [0.15, 0.2) is 101 Å². The topological polar surface area (TPSA) is 85.5 Å². The van der Waals surface area contributed by atoms with Crippen LogP contribution in [0.1, 0.15) is 24.0 Å². The number of benzene rings is 3.